The second-order valence-electron chi connectivity index (χ2n) is 5.46. The Morgan fingerprint density at radius 3 is 2.55 bits per heavy atom. The number of halogens is 3. The minimum absolute atomic E-state index is 0.0695. The van der Waals surface area contributed by atoms with Gasteiger partial charge in [-0.1, -0.05) is 23.7 Å². The lowest BCUT2D eigenvalue weighted by Crippen LogP contribution is -2.30. The quantitative estimate of drug-likeness (QED) is 0.781. The van der Waals surface area contributed by atoms with E-state index in [-0.39, 0.29) is 11.9 Å². The molecule has 1 aliphatic carbocycles. The van der Waals surface area contributed by atoms with E-state index in [9.17, 15) is 9.18 Å². The lowest BCUT2D eigenvalue weighted by molar-refractivity contribution is 0.0930. The Balaban J connectivity index is 1.83. The number of hydrogen-bond donors (Lipinski definition) is 1. The second-order valence-corrected chi connectivity index (χ2v) is 6.76. The standard InChI is InChI=1S/C17H14BrClFNO/c18-15-8-7-13(20)9-14(15)17(22)21-16(10-1-2-10)11-3-5-12(19)6-4-11/h3-10,16H,1-2H2,(H,21,22). The van der Waals surface area contributed by atoms with Gasteiger partial charge in [-0.05, 0) is 70.6 Å². The van der Waals surface area contributed by atoms with E-state index < -0.39 is 5.82 Å². The van der Waals surface area contributed by atoms with Crippen LogP contribution in [0.4, 0.5) is 4.39 Å². The van der Waals surface area contributed by atoms with Gasteiger partial charge in [0.05, 0.1) is 11.6 Å². The van der Waals surface area contributed by atoms with Gasteiger partial charge in [0, 0.05) is 9.50 Å². The van der Waals surface area contributed by atoms with Crippen LogP contribution in [-0.4, -0.2) is 5.91 Å². The molecule has 0 bridgehead atoms. The molecule has 0 heterocycles. The van der Waals surface area contributed by atoms with Crippen molar-refractivity contribution in [2.75, 3.05) is 0 Å². The first-order valence-corrected chi connectivity index (χ1v) is 8.23. The predicted molar refractivity (Wildman–Crippen MR) is 88.5 cm³/mol. The smallest absolute Gasteiger partial charge is 0.253 e. The van der Waals surface area contributed by atoms with Crippen molar-refractivity contribution in [3.63, 3.8) is 0 Å². The summed E-state index contributed by atoms with van der Waals surface area (Å²) >= 11 is 9.21. The highest BCUT2D eigenvalue weighted by atomic mass is 79.9. The molecule has 0 aromatic heterocycles. The van der Waals surface area contributed by atoms with Crippen LogP contribution >= 0.6 is 27.5 Å². The van der Waals surface area contributed by atoms with Crippen molar-refractivity contribution >= 4 is 33.4 Å². The molecule has 1 fully saturated rings. The minimum atomic E-state index is -0.428. The number of amides is 1. The van der Waals surface area contributed by atoms with Gasteiger partial charge in [-0.15, -0.1) is 0 Å². The Morgan fingerprint density at radius 1 is 1.23 bits per heavy atom. The molecule has 1 unspecified atom stereocenters. The van der Waals surface area contributed by atoms with E-state index >= 15 is 0 Å². The topological polar surface area (TPSA) is 29.1 Å². The van der Waals surface area contributed by atoms with E-state index in [1.54, 1.807) is 6.07 Å². The average molecular weight is 383 g/mol. The van der Waals surface area contributed by atoms with Crippen LogP contribution in [0.15, 0.2) is 46.9 Å². The Labute approximate surface area is 141 Å². The molecule has 2 aromatic carbocycles. The highest BCUT2D eigenvalue weighted by Gasteiger charge is 2.33. The fourth-order valence-corrected chi connectivity index (χ4v) is 3.02. The van der Waals surface area contributed by atoms with Crippen LogP contribution in [0.2, 0.25) is 5.02 Å². The molecule has 2 nitrogen and oxygen atoms in total. The van der Waals surface area contributed by atoms with Gasteiger partial charge >= 0.3 is 0 Å². The summed E-state index contributed by atoms with van der Waals surface area (Å²) in [6, 6.07) is 11.5. The van der Waals surface area contributed by atoms with Gasteiger partial charge in [-0.25, -0.2) is 4.39 Å². The number of nitrogens with one attached hydrogen (secondary N) is 1. The van der Waals surface area contributed by atoms with Gasteiger partial charge in [0.2, 0.25) is 0 Å². The molecule has 22 heavy (non-hydrogen) atoms. The summed E-state index contributed by atoms with van der Waals surface area (Å²) in [5.74, 6) is -0.279. The van der Waals surface area contributed by atoms with Crippen LogP contribution in [0.1, 0.15) is 34.8 Å². The molecule has 0 radical (unpaired) electrons. The predicted octanol–water partition coefficient (Wildman–Crippen LogP) is 5.12. The number of hydrogen-bond acceptors (Lipinski definition) is 1. The fraction of sp³-hybridized carbons (Fsp3) is 0.235. The maximum Gasteiger partial charge on any atom is 0.253 e. The van der Waals surface area contributed by atoms with Crippen LogP contribution < -0.4 is 5.32 Å². The monoisotopic (exact) mass is 381 g/mol. The van der Waals surface area contributed by atoms with Crippen LogP contribution in [-0.2, 0) is 0 Å². The van der Waals surface area contributed by atoms with E-state index in [4.69, 9.17) is 11.6 Å². The van der Waals surface area contributed by atoms with Crippen LogP contribution in [0, 0.1) is 11.7 Å². The van der Waals surface area contributed by atoms with Gasteiger partial charge < -0.3 is 5.32 Å². The number of benzene rings is 2. The molecule has 1 atom stereocenters. The third kappa shape index (κ3) is 3.50. The van der Waals surface area contributed by atoms with Gasteiger partial charge in [0.25, 0.3) is 5.91 Å². The summed E-state index contributed by atoms with van der Waals surface area (Å²) in [5, 5.41) is 3.68. The number of carbonyl (C=O) groups is 1. The number of rotatable bonds is 4. The molecule has 3 rings (SSSR count). The van der Waals surface area contributed by atoms with Crippen LogP contribution in [0.3, 0.4) is 0 Å². The molecule has 1 aliphatic rings. The highest BCUT2D eigenvalue weighted by Crippen LogP contribution is 2.41. The molecule has 0 aliphatic heterocycles. The molecule has 114 valence electrons. The molecular weight excluding hydrogens is 369 g/mol. The first-order valence-electron chi connectivity index (χ1n) is 7.06. The lowest BCUT2D eigenvalue weighted by Gasteiger charge is -2.19. The summed E-state index contributed by atoms with van der Waals surface area (Å²) in [6.45, 7) is 0. The fourth-order valence-electron chi connectivity index (χ4n) is 2.46. The average Bonchev–Trinajstić information content (AvgIpc) is 3.33. The second kappa shape index (κ2) is 6.39. The Morgan fingerprint density at radius 2 is 1.91 bits per heavy atom. The molecule has 1 N–H and O–H groups in total. The molecule has 5 heteroatoms. The third-order valence-corrected chi connectivity index (χ3v) is 4.73. The first-order chi connectivity index (χ1) is 10.5. The molecule has 2 aromatic rings. The maximum absolute atomic E-state index is 13.4. The van der Waals surface area contributed by atoms with E-state index in [0.29, 0.717) is 21.0 Å². The largest absolute Gasteiger partial charge is 0.345 e. The summed E-state index contributed by atoms with van der Waals surface area (Å²) in [7, 11) is 0. The summed E-state index contributed by atoms with van der Waals surface area (Å²) in [5.41, 5.74) is 1.33. The molecular formula is C17H14BrClFNO. The van der Waals surface area contributed by atoms with Gasteiger partial charge in [0.1, 0.15) is 5.82 Å². The van der Waals surface area contributed by atoms with Crippen LogP contribution in [0.5, 0.6) is 0 Å². The van der Waals surface area contributed by atoms with Crippen molar-refractivity contribution in [1.82, 2.24) is 5.32 Å². The molecule has 1 amide bonds. The van der Waals surface area contributed by atoms with Gasteiger partial charge in [-0.2, -0.15) is 0 Å². The number of carbonyl (C=O) groups excluding carboxylic acids is 1. The zero-order valence-electron chi connectivity index (χ0n) is 11.7. The summed E-state index contributed by atoms with van der Waals surface area (Å²) in [4.78, 5) is 12.5. The normalized spacial score (nSPS) is 15.4. The van der Waals surface area contributed by atoms with Crippen molar-refractivity contribution in [2.24, 2.45) is 5.92 Å². The molecule has 0 spiro atoms. The first kappa shape index (κ1) is 15.5. The van der Waals surface area contributed by atoms with Crippen LogP contribution in [0.25, 0.3) is 0 Å². The maximum atomic E-state index is 13.4. The zero-order chi connectivity index (χ0) is 15.7. The van der Waals surface area contributed by atoms with E-state index in [2.05, 4.69) is 21.2 Å². The van der Waals surface area contributed by atoms with E-state index in [0.717, 1.165) is 18.4 Å². The van der Waals surface area contributed by atoms with Gasteiger partial charge in [0.15, 0.2) is 0 Å². The summed E-state index contributed by atoms with van der Waals surface area (Å²) in [6.07, 6.45) is 2.16. The van der Waals surface area contributed by atoms with Crippen molar-refractivity contribution in [1.29, 1.82) is 0 Å². The Bertz CT molecular complexity index is 700. The molecule has 0 saturated heterocycles. The minimum Gasteiger partial charge on any atom is -0.345 e. The van der Waals surface area contributed by atoms with Crippen molar-refractivity contribution in [2.45, 2.75) is 18.9 Å². The van der Waals surface area contributed by atoms with E-state index in [1.165, 1.54) is 12.1 Å². The SMILES string of the molecule is O=C(NC(c1ccc(Cl)cc1)C1CC1)c1cc(F)ccc1Br. The Hall–Kier alpha value is -1.39. The lowest BCUT2D eigenvalue weighted by atomic mass is 10.0. The molecule has 1 saturated carbocycles. The summed E-state index contributed by atoms with van der Waals surface area (Å²) < 4.78 is 13.9. The van der Waals surface area contributed by atoms with E-state index in [1.807, 2.05) is 24.3 Å². The van der Waals surface area contributed by atoms with Crippen molar-refractivity contribution in [3.05, 3.63) is 68.9 Å². The highest BCUT2D eigenvalue weighted by molar-refractivity contribution is 9.10. The third-order valence-electron chi connectivity index (χ3n) is 3.78. The van der Waals surface area contributed by atoms with Crippen molar-refractivity contribution in [3.8, 4) is 0 Å². The van der Waals surface area contributed by atoms with Gasteiger partial charge in [-0.3, -0.25) is 4.79 Å². The van der Waals surface area contributed by atoms with Crippen molar-refractivity contribution < 1.29 is 9.18 Å². The Kier molecular flexibility index (Phi) is 4.50. The zero-order valence-corrected chi connectivity index (χ0v) is 14.0.